The molecule has 1 aliphatic rings. The fourth-order valence-electron chi connectivity index (χ4n) is 2.30. The number of thioether (sulfide) groups is 1. The standard InChI is InChI=1S/C17H16ClN3OS/c1-2-11-10-23-17(20-11)12-6-3-4-8-14(12)21-16(22)13-7-5-9-19-15(13)18/h3-9,11H,2,10H2,1H3,(H,21,22). The molecule has 0 aliphatic carbocycles. The molecule has 2 aromatic rings. The number of carbonyl (C=O) groups excluding carboxylic acids is 1. The summed E-state index contributed by atoms with van der Waals surface area (Å²) in [4.78, 5) is 21.1. The van der Waals surface area contributed by atoms with Crippen molar-refractivity contribution >= 4 is 40.0 Å². The van der Waals surface area contributed by atoms with Gasteiger partial charge in [0, 0.05) is 17.5 Å². The van der Waals surface area contributed by atoms with Crippen LogP contribution >= 0.6 is 23.4 Å². The highest BCUT2D eigenvalue weighted by Gasteiger charge is 2.21. The van der Waals surface area contributed by atoms with Gasteiger partial charge in [-0.2, -0.15) is 0 Å². The van der Waals surface area contributed by atoms with Crippen LogP contribution in [-0.2, 0) is 0 Å². The molecule has 0 saturated heterocycles. The van der Waals surface area contributed by atoms with Crippen molar-refractivity contribution in [3.05, 3.63) is 58.9 Å². The number of aromatic nitrogens is 1. The zero-order chi connectivity index (χ0) is 16.2. The van der Waals surface area contributed by atoms with Crippen molar-refractivity contribution in [2.24, 2.45) is 4.99 Å². The average molecular weight is 346 g/mol. The van der Waals surface area contributed by atoms with Gasteiger partial charge in [0.2, 0.25) is 0 Å². The summed E-state index contributed by atoms with van der Waals surface area (Å²) >= 11 is 7.72. The Labute approximate surface area is 144 Å². The second-order valence-electron chi connectivity index (χ2n) is 5.15. The van der Waals surface area contributed by atoms with Gasteiger partial charge >= 0.3 is 0 Å². The van der Waals surface area contributed by atoms with Gasteiger partial charge < -0.3 is 5.32 Å². The maximum Gasteiger partial charge on any atom is 0.258 e. The van der Waals surface area contributed by atoms with E-state index >= 15 is 0 Å². The maximum absolute atomic E-state index is 12.4. The molecule has 23 heavy (non-hydrogen) atoms. The topological polar surface area (TPSA) is 54.4 Å². The summed E-state index contributed by atoms with van der Waals surface area (Å²) in [5.74, 6) is 0.717. The Morgan fingerprint density at radius 2 is 2.17 bits per heavy atom. The van der Waals surface area contributed by atoms with E-state index in [1.165, 1.54) is 0 Å². The third kappa shape index (κ3) is 3.57. The number of nitrogens with one attached hydrogen (secondary N) is 1. The number of para-hydroxylation sites is 1. The van der Waals surface area contributed by atoms with Crippen molar-refractivity contribution in [1.82, 2.24) is 4.98 Å². The number of carbonyl (C=O) groups is 1. The zero-order valence-electron chi connectivity index (χ0n) is 12.6. The molecule has 0 saturated carbocycles. The zero-order valence-corrected chi connectivity index (χ0v) is 14.2. The molecule has 1 amide bonds. The first-order valence-electron chi connectivity index (χ1n) is 7.41. The highest BCUT2D eigenvalue weighted by Crippen LogP contribution is 2.29. The minimum absolute atomic E-state index is 0.195. The molecule has 1 atom stereocenters. The third-order valence-corrected chi connectivity index (χ3v) is 5.04. The number of rotatable bonds is 4. The first-order chi connectivity index (χ1) is 11.2. The quantitative estimate of drug-likeness (QED) is 0.842. The maximum atomic E-state index is 12.4. The number of nitrogens with zero attached hydrogens (tertiary/aromatic N) is 2. The minimum Gasteiger partial charge on any atom is -0.321 e. The Morgan fingerprint density at radius 1 is 1.35 bits per heavy atom. The molecular weight excluding hydrogens is 330 g/mol. The molecule has 1 unspecified atom stereocenters. The molecule has 0 radical (unpaired) electrons. The summed E-state index contributed by atoms with van der Waals surface area (Å²) in [6.45, 7) is 2.13. The van der Waals surface area contributed by atoms with Crippen molar-refractivity contribution in [2.45, 2.75) is 19.4 Å². The van der Waals surface area contributed by atoms with Crippen molar-refractivity contribution in [1.29, 1.82) is 0 Å². The molecule has 1 aliphatic heterocycles. The smallest absolute Gasteiger partial charge is 0.258 e. The van der Waals surface area contributed by atoms with Gasteiger partial charge in [-0.05, 0) is 24.6 Å². The molecule has 0 spiro atoms. The van der Waals surface area contributed by atoms with Crippen LogP contribution in [0.15, 0.2) is 47.6 Å². The number of benzene rings is 1. The first-order valence-corrected chi connectivity index (χ1v) is 8.77. The number of aliphatic imine (C=N–C) groups is 1. The Morgan fingerprint density at radius 3 is 2.91 bits per heavy atom. The molecule has 1 aromatic carbocycles. The lowest BCUT2D eigenvalue weighted by atomic mass is 10.1. The SMILES string of the molecule is CCC1CSC(c2ccccc2NC(=O)c2cccnc2Cl)=N1. The normalized spacial score (nSPS) is 17.0. The van der Waals surface area contributed by atoms with Gasteiger partial charge in [0.15, 0.2) is 0 Å². The van der Waals surface area contributed by atoms with E-state index in [9.17, 15) is 4.79 Å². The lowest BCUT2D eigenvalue weighted by Crippen LogP contribution is -2.15. The van der Waals surface area contributed by atoms with E-state index in [2.05, 4.69) is 17.2 Å². The van der Waals surface area contributed by atoms with Crippen molar-refractivity contribution in [3.63, 3.8) is 0 Å². The van der Waals surface area contributed by atoms with Gasteiger partial charge in [0.1, 0.15) is 10.2 Å². The Balaban J connectivity index is 1.87. The average Bonchev–Trinajstić information content (AvgIpc) is 3.04. The lowest BCUT2D eigenvalue weighted by molar-refractivity contribution is 0.102. The summed E-state index contributed by atoms with van der Waals surface area (Å²) < 4.78 is 0. The van der Waals surface area contributed by atoms with Crippen LogP contribution < -0.4 is 5.32 Å². The summed E-state index contributed by atoms with van der Waals surface area (Å²) in [5.41, 5.74) is 2.04. The number of pyridine rings is 1. The molecule has 1 aromatic heterocycles. The summed E-state index contributed by atoms with van der Waals surface area (Å²) in [5, 5.41) is 4.09. The van der Waals surface area contributed by atoms with Crippen LogP contribution in [0.2, 0.25) is 5.15 Å². The molecule has 6 heteroatoms. The van der Waals surface area contributed by atoms with Crippen LogP contribution in [-0.4, -0.2) is 27.7 Å². The van der Waals surface area contributed by atoms with E-state index in [4.69, 9.17) is 16.6 Å². The summed E-state index contributed by atoms with van der Waals surface area (Å²) in [6, 6.07) is 11.4. The van der Waals surface area contributed by atoms with Gasteiger partial charge in [0.05, 0.1) is 17.3 Å². The lowest BCUT2D eigenvalue weighted by Gasteiger charge is -2.11. The predicted octanol–water partition coefficient (Wildman–Crippen LogP) is 4.26. The number of hydrogen-bond donors (Lipinski definition) is 1. The van der Waals surface area contributed by atoms with Crippen LogP contribution in [0, 0.1) is 0 Å². The number of amides is 1. The van der Waals surface area contributed by atoms with Gasteiger partial charge in [-0.15, -0.1) is 11.8 Å². The first kappa shape index (κ1) is 16.0. The highest BCUT2D eigenvalue weighted by atomic mass is 35.5. The van der Waals surface area contributed by atoms with Crippen LogP contribution in [0.3, 0.4) is 0 Å². The largest absolute Gasteiger partial charge is 0.321 e. The minimum atomic E-state index is -0.272. The predicted molar refractivity (Wildman–Crippen MR) is 96.7 cm³/mol. The molecule has 3 rings (SSSR count). The Kier molecular flexibility index (Phi) is 4.98. The molecule has 4 nitrogen and oxygen atoms in total. The van der Waals surface area contributed by atoms with E-state index in [1.807, 2.05) is 24.3 Å². The highest BCUT2D eigenvalue weighted by molar-refractivity contribution is 8.14. The Hall–Kier alpha value is -1.85. The third-order valence-electron chi connectivity index (χ3n) is 3.59. The second kappa shape index (κ2) is 7.15. The monoisotopic (exact) mass is 345 g/mol. The van der Waals surface area contributed by atoms with Crippen LogP contribution in [0.1, 0.15) is 29.3 Å². The van der Waals surface area contributed by atoms with Gasteiger partial charge in [-0.3, -0.25) is 9.79 Å². The molecular formula is C17H16ClN3OS. The molecule has 0 fully saturated rings. The van der Waals surface area contributed by atoms with E-state index in [0.29, 0.717) is 11.6 Å². The van der Waals surface area contributed by atoms with Crippen LogP contribution in [0.5, 0.6) is 0 Å². The Bertz CT molecular complexity index is 763. The van der Waals surface area contributed by atoms with E-state index < -0.39 is 0 Å². The summed E-state index contributed by atoms with van der Waals surface area (Å²) in [7, 11) is 0. The number of anilines is 1. The van der Waals surface area contributed by atoms with E-state index in [0.717, 1.165) is 28.5 Å². The van der Waals surface area contributed by atoms with E-state index in [1.54, 1.807) is 30.1 Å². The molecule has 2 heterocycles. The van der Waals surface area contributed by atoms with Gasteiger partial charge in [0.25, 0.3) is 5.91 Å². The summed E-state index contributed by atoms with van der Waals surface area (Å²) in [6.07, 6.45) is 2.58. The molecule has 118 valence electrons. The van der Waals surface area contributed by atoms with Gasteiger partial charge in [-0.1, -0.05) is 36.7 Å². The fraction of sp³-hybridized carbons (Fsp3) is 0.235. The van der Waals surface area contributed by atoms with Crippen molar-refractivity contribution < 1.29 is 4.79 Å². The van der Waals surface area contributed by atoms with Crippen LogP contribution in [0.25, 0.3) is 0 Å². The fourth-order valence-corrected chi connectivity index (χ4v) is 3.72. The molecule has 0 bridgehead atoms. The number of hydrogen-bond acceptors (Lipinski definition) is 4. The van der Waals surface area contributed by atoms with Crippen LogP contribution in [0.4, 0.5) is 5.69 Å². The van der Waals surface area contributed by atoms with Crippen molar-refractivity contribution in [2.75, 3.05) is 11.1 Å². The van der Waals surface area contributed by atoms with E-state index in [-0.39, 0.29) is 11.1 Å². The molecule has 1 N–H and O–H groups in total. The van der Waals surface area contributed by atoms with Gasteiger partial charge in [-0.25, -0.2) is 4.98 Å². The van der Waals surface area contributed by atoms with Crippen molar-refractivity contribution in [3.8, 4) is 0 Å². The number of halogens is 1. The second-order valence-corrected chi connectivity index (χ2v) is 6.52.